The monoisotopic (exact) mass is 324 g/mol. The molecule has 0 N–H and O–H groups in total. The van der Waals surface area contributed by atoms with Gasteiger partial charge in [-0.15, -0.1) is 0 Å². The first-order valence-electron chi connectivity index (χ1n) is 9.90. The van der Waals surface area contributed by atoms with Crippen LogP contribution in [0, 0.1) is 22.2 Å². The molecule has 0 saturated heterocycles. The van der Waals surface area contributed by atoms with E-state index in [0.717, 1.165) is 25.7 Å². The Bertz CT molecular complexity index is 714. The Morgan fingerprint density at radius 1 is 1.04 bits per heavy atom. The second-order valence-electron chi connectivity index (χ2n) is 9.36. The highest BCUT2D eigenvalue weighted by Crippen LogP contribution is 2.80. The van der Waals surface area contributed by atoms with Crippen LogP contribution in [0.5, 0.6) is 0 Å². The summed E-state index contributed by atoms with van der Waals surface area (Å²) in [6, 6.07) is 0. The van der Waals surface area contributed by atoms with Gasteiger partial charge in [-0.25, -0.2) is 0 Å². The lowest BCUT2D eigenvalue weighted by Crippen LogP contribution is -2.49. The van der Waals surface area contributed by atoms with Crippen LogP contribution in [0.1, 0.15) is 78.1 Å². The molecule has 0 aliphatic heterocycles. The number of hydrogen-bond acceptors (Lipinski definition) is 2. The summed E-state index contributed by atoms with van der Waals surface area (Å²) in [5, 5.41) is 0. The van der Waals surface area contributed by atoms with Crippen molar-refractivity contribution in [3.63, 3.8) is 0 Å². The molecule has 5 rings (SSSR count). The van der Waals surface area contributed by atoms with Gasteiger partial charge in [0.25, 0.3) is 0 Å². The summed E-state index contributed by atoms with van der Waals surface area (Å²) >= 11 is 0. The van der Waals surface area contributed by atoms with Crippen molar-refractivity contribution in [1.29, 1.82) is 0 Å². The SMILES string of the molecule is CC(=O)C12CCC3(CC1)[C@@H]1CCC4=CC(=O)CCC4=C1CC[C@]23C. The van der Waals surface area contributed by atoms with Crippen molar-refractivity contribution in [1.82, 2.24) is 0 Å². The summed E-state index contributed by atoms with van der Waals surface area (Å²) in [5.74, 6) is 1.46. The fourth-order valence-electron chi connectivity index (χ4n) is 8.02. The first-order valence-corrected chi connectivity index (χ1v) is 9.90. The summed E-state index contributed by atoms with van der Waals surface area (Å²) in [6.45, 7) is 4.32. The smallest absolute Gasteiger partial charge is 0.156 e. The Morgan fingerprint density at radius 2 is 1.79 bits per heavy atom. The van der Waals surface area contributed by atoms with Crippen molar-refractivity contribution in [3.05, 3.63) is 22.8 Å². The van der Waals surface area contributed by atoms with E-state index in [1.54, 1.807) is 11.1 Å². The van der Waals surface area contributed by atoms with E-state index in [1.165, 1.54) is 37.7 Å². The number of rotatable bonds is 1. The van der Waals surface area contributed by atoms with Gasteiger partial charge in [0.05, 0.1) is 0 Å². The van der Waals surface area contributed by atoms with E-state index < -0.39 is 0 Å². The fraction of sp³-hybridized carbons (Fsp3) is 0.727. The van der Waals surface area contributed by atoms with Gasteiger partial charge in [0.1, 0.15) is 5.78 Å². The predicted octanol–water partition coefficient (Wildman–Crippen LogP) is 4.93. The van der Waals surface area contributed by atoms with Crippen LogP contribution in [0.2, 0.25) is 0 Å². The van der Waals surface area contributed by atoms with Gasteiger partial charge in [-0.3, -0.25) is 9.59 Å². The van der Waals surface area contributed by atoms with Crippen LogP contribution in [-0.4, -0.2) is 11.6 Å². The van der Waals surface area contributed by atoms with Crippen LogP contribution in [0.25, 0.3) is 0 Å². The summed E-state index contributed by atoms with van der Waals surface area (Å²) < 4.78 is 0. The van der Waals surface area contributed by atoms with Crippen molar-refractivity contribution in [3.8, 4) is 0 Å². The van der Waals surface area contributed by atoms with Gasteiger partial charge in [0.2, 0.25) is 0 Å². The molecular weight excluding hydrogens is 296 g/mol. The van der Waals surface area contributed by atoms with Gasteiger partial charge < -0.3 is 0 Å². The number of Topliss-reactive ketones (excluding diaryl/α,β-unsaturated/α-hetero) is 1. The van der Waals surface area contributed by atoms with Crippen molar-refractivity contribution in [2.45, 2.75) is 78.1 Å². The molecule has 0 unspecified atom stereocenters. The predicted molar refractivity (Wildman–Crippen MR) is 93.4 cm³/mol. The molecule has 24 heavy (non-hydrogen) atoms. The molecule has 0 spiro atoms. The Labute approximate surface area is 144 Å². The van der Waals surface area contributed by atoms with Crippen LogP contribution < -0.4 is 0 Å². The maximum Gasteiger partial charge on any atom is 0.156 e. The zero-order chi connectivity index (χ0) is 16.7. The molecular formula is C22H28O2. The lowest BCUT2D eigenvalue weighted by Gasteiger charge is -2.55. The van der Waals surface area contributed by atoms with Crippen LogP contribution in [-0.2, 0) is 9.59 Å². The second-order valence-corrected chi connectivity index (χ2v) is 9.36. The van der Waals surface area contributed by atoms with E-state index in [9.17, 15) is 9.59 Å². The van der Waals surface area contributed by atoms with E-state index in [-0.39, 0.29) is 10.8 Å². The lowest BCUT2D eigenvalue weighted by atomic mass is 9.48. The first kappa shape index (κ1) is 15.1. The Morgan fingerprint density at radius 3 is 2.50 bits per heavy atom. The maximum absolute atomic E-state index is 12.6. The van der Waals surface area contributed by atoms with Gasteiger partial charge >= 0.3 is 0 Å². The number of allylic oxidation sites excluding steroid dienone is 4. The van der Waals surface area contributed by atoms with Crippen LogP contribution >= 0.6 is 0 Å². The lowest BCUT2D eigenvalue weighted by molar-refractivity contribution is -0.134. The van der Waals surface area contributed by atoms with Gasteiger partial charge in [0.15, 0.2) is 5.78 Å². The third kappa shape index (κ3) is 1.46. The number of carbonyl (C=O) groups excluding carboxylic acids is 2. The summed E-state index contributed by atoms with van der Waals surface area (Å²) in [4.78, 5) is 24.5. The number of fused-ring (bicyclic) bond motifs is 2. The van der Waals surface area contributed by atoms with Gasteiger partial charge in [-0.05, 0) is 98.7 Å². The third-order valence-corrected chi connectivity index (χ3v) is 9.24. The van der Waals surface area contributed by atoms with E-state index in [1.807, 2.05) is 13.0 Å². The molecule has 0 radical (unpaired) electrons. The molecule has 2 atom stereocenters. The third-order valence-electron chi connectivity index (χ3n) is 9.24. The quantitative estimate of drug-likeness (QED) is 0.685. The van der Waals surface area contributed by atoms with E-state index in [0.29, 0.717) is 29.3 Å². The Balaban J connectivity index is 1.64. The molecule has 0 aromatic rings. The molecule has 0 aromatic carbocycles. The van der Waals surface area contributed by atoms with E-state index in [4.69, 9.17) is 0 Å². The Hall–Kier alpha value is -1.18. The van der Waals surface area contributed by atoms with Crippen molar-refractivity contribution < 1.29 is 9.59 Å². The van der Waals surface area contributed by atoms with Crippen molar-refractivity contribution in [2.75, 3.05) is 0 Å². The molecule has 2 bridgehead atoms. The van der Waals surface area contributed by atoms with E-state index in [2.05, 4.69) is 6.92 Å². The molecule has 128 valence electrons. The average Bonchev–Trinajstić information content (AvgIpc) is 2.99. The molecule has 3 saturated carbocycles. The molecule has 3 fully saturated rings. The van der Waals surface area contributed by atoms with Gasteiger partial charge in [-0.1, -0.05) is 12.5 Å². The zero-order valence-corrected chi connectivity index (χ0v) is 15.0. The normalized spacial score (nSPS) is 46.3. The minimum atomic E-state index is -0.0259. The minimum Gasteiger partial charge on any atom is -0.299 e. The van der Waals surface area contributed by atoms with Crippen LogP contribution in [0.3, 0.4) is 0 Å². The molecule has 2 nitrogen and oxygen atoms in total. The highest BCUT2D eigenvalue weighted by atomic mass is 16.1. The van der Waals surface area contributed by atoms with Crippen LogP contribution in [0.4, 0.5) is 0 Å². The van der Waals surface area contributed by atoms with Gasteiger partial charge in [-0.2, -0.15) is 0 Å². The van der Waals surface area contributed by atoms with Crippen molar-refractivity contribution in [2.24, 2.45) is 22.2 Å². The summed E-state index contributed by atoms with van der Waals surface area (Å²) in [6.07, 6.45) is 13.0. The highest BCUT2D eigenvalue weighted by Gasteiger charge is 2.74. The maximum atomic E-state index is 12.6. The minimum absolute atomic E-state index is 0.0259. The largest absolute Gasteiger partial charge is 0.299 e. The van der Waals surface area contributed by atoms with Crippen molar-refractivity contribution >= 4 is 11.6 Å². The Kier molecular flexibility index (Phi) is 2.84. The fourth-order valence-corrected chi connectivity index (χ4v) is 8.02. The number of hydrogen-bond donors (Lipinski definition) is 0. The molecule has 5 aliphatic rings. The summed E-state index contributed by atoms with van der Waals surface area (Å²) in [7, 11) is 0. The highest BCUT2D eigenvalue weighted by molar-refractivity contribution is 5.93. The zero-order valence-electron chi connectivity index (χ0n) is 15.0. The average molecular weight is 324 g/mol. The molecule has 0 aromatic heterocycles. The molecule has 0 amide bonds. The second kappa shape index (κ2) is 4.51. The molecule has 0 heterocycles. The number of ketones is 2. The molecule has 2 heteroatoms. The molecule has 5 aliphatic carbocycles. The standard InChI is InChI=1S/C22H28O2/c1-14(23)21-9-11-22(12-10-21)19-6-3-15-13-16(24)4-5-17(15)18(19)7-8-20(21,22)2/h13,19H,3-12H2,1-2H3/t19-,20-,21?,22?/m1/s1. The van der Waals surface area contributed by atoms with Gasteiger partial charge in [0, 0.05) is 11.8 Å². The summed E-state index contributed by atoms with van der Waals surface area (Å²) in [5.41, 5.74) is 5.15. The number of carbonyl (C=O) groups is 2. The first-order chi connectivity index (χ1) is 11.4. The van der Waals surface area contributed by atoms with E-state index >= 15 is 0 Å². The van der Waals surface area contributed by atoms with Crippen LogP contribution in [0.15, 0.2) is 22.8 Å². The topological polar surface area (TPSA) is 34.1 Å².